The Kier molecular flexibility index (Phi) is 8.51. The first-order valence-corrected chi connectivity index (χ1v) is 13.7. The van der Waals surface area contributed by atoms with Gasteiger partial charge in [0.05, 0.1) is 19.5 Å². The van der Waals surface area contributed by atoms with Crippen LogP contribution < -0.4 is 5.73 Å². The third-order valence-electron chi connectivity index (χ3n) is 5.69. The van der Waals surface area contributed by atoms with Crippen LogP contribution in [0.5, 0.6) is 0 Å². The second-order valence-corrected chi connectivity index (χ2v) is 11.2. The van der Waals surface area contributed by atoms with Crippen molar-refractivity contribution in [3.8, 4) is 0 Å². The lowest BCUT2D eigenvalue weighted by Crippen LogP contribution is -2.58. The van der Waals surface area contributed by atoms with Crippen molar-refractivity contribution in [3.05, 3.63) is 12.7 Å². The Morgan fingerprint density at radius 3 is 2.29 bits per heavy atom. The maximum absolute atomic E-state index is 12.3. The molecule has 0 aliphatic carbocycles. The van der Waals surface area contributed by atoms with Gasteiger partial charge in [0.1, 0.15) is 54.6 Å². The summed E-state index contributed by atoms with van der Waals surface area (Å²) in [5.41, 5.74) is 6.05. The monoisotopic (exact) mass is 589 g/mol. The molecule has 2 aliphatic heterocycles. The molecule has 0 spiro atoms. The highest BCUT2D eigenvalue weighted by atomic mass is 31.3. The van der Waals surface area contributed by atoms with Crippen LogP contribution in [0.4, 0.5) is 5.82 Å². The molecular formula is C16H25N5O15P2. The van der Waals surface area contributed by atoms with Crippen molar-refractivity contribution in [2.45, 2.75) is 55.2 Å². The van der Waals surface area contributed by atoms with E-state index in [-0.39, 0.29) is 17.0 Å². The molecule has 11 atom stereocenters. The fourth-order valence-electron chi connectivity index (χ4n) is 3.78. The number of hydrogen-bond donors (Lipinski definition) is 9. The number of nitrogen functional groups attached to an aromatic ring is 1. The van der Waals surface area contributed by atoms with E-state index in [2.05, 4.69) is 28.3 Å². The number of imidazole rings is 1. The van der Waals surface area contributed by atoms with Crippen molar-refractivity contribution in [1.82, 2.24) is 19.5 Å². The Morgan fingerprint density at radius 1 is 0.921 bits per heavy atom. The lowest BCUT2D eigenvalue weighted by Gasteiger charge is -2.39. The van der Waals surface area contributed by atoms with E-state index in [1.807, 2.05) is 0 Å². The van der Waals surface area contributed by atoms with Gasteiger partial charge < -0.3 is 55.6 Å². The van der Waals surface area contributed by atoms with E-state index in [1.54, 1.807) is 0 Å². The lowest BCUT2D eigenvalue weighted by atomic mass is 10.00. The quantitative estimate of drug-likeness (QED) is 0.126. The molecular weight excluding hydrogens is 564 g/mol. The summed E-state index contributed by atoms with van der Waals surface area (Å²) < 4.78 is 49.3. The average molecular weight is 589 g/mol. The van der Waals surface area contributed by atoms with Crippen LogP contribution in [0.25, 0.3) is 11.2 Å². The first-order chi connectivity index (χ1) is 17.7. The minimum Gasteiger partial charge on any atom is -0.394 e. The van der Waals surface area contributed by atoms with Gasteiger partial charge in [0.2, 0.25) is 0 Å². The smallest absolute Gasteiger partial charge is 0.394 e. The zero-order valence-corrected chi connectivity index (χ0v) is 20.7. The molecule has 2 aromatic heterocycles. The van der Waals surface area contributed by atoms with Crippen LogP contribution in [0, 0.1) is 0 Å². The standard InChI is InChI=1S/C16H25N5O15P2/c17-13-7-14(19-3-18-13)21(4-20-7)15-11(26)9(24)6(33-15)2-32-37(28,29)36-38(30,31)35-16-12(27)10(25)8(23)5(1-22)34-16/h3-6,8-12,15-16,22-27H,1-2H2,(H,28,29)(H,30,31)(H2,17,18,19). The zero-order valence-electron chi connectivity index (χ0n) is 19.0. The molecule has 38 heavy (non-hydrogen) atoms. The van der Waals surface area contributed by atoms with Crippen molar-refractivity contribution < 1.29 is 72.4 Å². The Hall–Kier alpha value is -1.71. The van der Waals surface area contributed by atoms with Crippen LogP contribution in [0.2, 0.25) is 0 Å². The van der Waals surface area contributed by atoms with Gasteiger partial charge in [-0.3, -0.25) is 13.6 Å². The molecule has 0 bridgehead atoms. The van der Waals surface area contributed by atoms with Gasteiger partial charge in [-0.1, -0.05) is 0 Å². The minimum absolute atomic E-state index is 0.0411. The number of ether oxygens (including phenoxy) is 2. The molecule has 0 radical (unpaired) electrons. The summed E-state index contributed by atoms with van der Waals surface area (Å²) in [6, 6.07) is 0. The fraction of sp³-hybridized carbons (Fsp3) is 0.688. The topological polar surface area (TPSA) is 312 Å². The fourth-order valence-corrected chi connectivity index (χ4v) is 5.94. The van der Waals surface area contributed by atoms with Crippen molar-refractivity contribution in [2.24, 2.45) is 0 Å². The molecule has 10 N–H and O–H groups in total. The predicted molar refractivity (Wildman–Crippen MR) is 117 cm³/mol. The first kappa shape index (κ1) is 29.3. The predicted octanol–water partition coefficient (Wildman–Crippen LogP) is -3.92. The summed E-state index contributed by atoms with van der Waals surface area (Å²) in [5, 5.41) is 59.2. The number of anilines is 1. The van der Waals surface area contributed by atoms with Gasteiger partial charge >= 0.3 is 15.6 Å². The Morgan fingerprint density at radius 2 is 1.61 bits per heavy atom. The summed E-state index contributed by atoms with van der Waals surface area (Å²) in [5.74, 6) is 0.0411. The van der Waals surface area contributed by atoms with E-state index in [1.165, 1.54) is 10.9 Å². The van der Waals surface area contributed by atoms with Crippen LogP contribution in [0.15, 0.2) is 12.7 Å². The Labute approximate surface area is 212 Å². The number of phosphoric acid groups is 2. The number of phosphoric ester groups is 2. The number of aliphatic hydroxyl groups excluding tert-OH is 6. The Balaban J connectivity index is 1.38. The molecule has 214 valence electrons. The van der Waals surface area contributed by atoms with Crippen LogP contribution in [-0.2, 0) is 32.0 Å². The zero-order chi connectivity index (χ0) is 28.0. The molecule has 4 heterocycles. The van der Waals surface area contributed by atoms with E-state index in [9.17, 15) is 44.4 Å². The molecule has 20 nitrogen and oxygen atoms in total. The maximum Gasteiger partial charge on any atom is 0.483 e. The number of fused-ring (bicyclic) bond motifs is 1. The van der Waals surface area contributed by atoms with Crippen LogP contribution in [0.1, 0.15) is 6.23 Å². The SMILES string of the molecule is Nc1ncnc2c1ncn2C1OC(COP(=O)(O)OP(=O)(O)OC2OC(CO)C(O)C(O)C2O)C(O)C1O. The molecule has 11 unspecified atom stereocenters. The molecule has 2 fully saturated rings. The second-order valence-electron chi connectivity index (χ2n) is 8.25. The van der Waals surface area contributed by atoms with E-state index >= 15 is 0 Å². The number of rotatable bonds is 9. The first-order valence-electron chi connectivity index (χ1n) is 10.7. The van der Waals surface area contributed by atoms with Gasteiger partial charge in [-0.25, -0.2) is 24.1 Å². The van der Waals surface area contributed by atoms with Crippen molar-refractivity contribution in [3.63, 3.8) is 0 Å². The van der Waals surface area contributed by atoms with Gasteiger partial charge in [-0.2, -0.15) is 4.31 Å². The average Bonchev–Trinajstić information content (AvgIpc) is 3.39. The largest absolute Gasteiger partial charge is 0.483 e. The summed E-state index contributed by atoms with van der Waals surface area (Å²) in [6.07, 6.45) is -13.3. The van der Waals surface area contributed by atoms with Gasteiger partial charge in [0.25, 0.3) is 0 Å². The summed E-state index contributed by atoms with van der Waals surface area (Å²) in [4.78, 5) is 31.5. The molecule has 2 aromatic rings. The van der Waals surface area contributed by atoms with E-state index in [0.29, 0.717) is 0 Å². The molecule has 0 saturated carbocycles. The maximum atomic E-state index is 12.3. The number of hydrogen-bond acceptors (Lipinski definition) is 17. The van der Waals surface area contributed by atoms with E-state index in [0.717, 1.165) is 6.33 Å². The van der Waals surface area contributed by atoms with Crippen LogP contribution >= 0.6 is 15.6 Å². The summed E-state index contributed by atoms with van der Waals surface area (Å²) in [6.45, 7) is -1.82. The van der Waals surface area contributed by atoms with Gasteiger partial charge in [0, 0.05) is 0 Å². The molecule has 2 aliphatic rings. The van der Waals surface area contributed by atoms with Gasteiger partial charge in [0.15, 0.2) is 24.0 Å². The van der Waals surface area contributed by atoms with Crippen LogP contribution in [0.3, 0.4) is 0 Å². The lowest BCUT2D eigenvalue weighted by molar-refractivity contribution is -0.280. The third kappa shape index (κ3) is 5.89. The molecule has 0 amide bonds. The van der Waals surface area contributed by atoms with Crippen molar-refractivity contribution >= 4 is 32.6 Å². The second kappa shape index (κ2) is 11.0. The molecule has 0 aromatic carbocycles. The number of aliphatic hydroxyl groups is 6. The van der Waals surface area contributed by atoms with Gasteiger partial charge in [-0.05, 0) is 0 Å². The van der Waals surface area contributed by atoms with Crippen molar-refractivity contribution in [1.29, 1.82) is 0 Å². The highest BCUT2D eigenvalue weighted by molar-refractivity contribution is 7.61. The van der Waals surface area contributed by atoms with Gasteiger partial charge in [-0.15, -0.1) is 0 Å². The Bertz CT molecular complexity index is 1230. The van der Waals surface area contributed by atoms with Crippen LogP contribution in [-0.4, -0.2) is 122 Å². The number of nitrogens with two attached hydrogens (primary N) is 1. The summed E-state index contributed by atoms with van der Waals surface area (Å²) in [7, 11) is -11.0. The van der Waals surface area contributed by atoms with E-state index in [4.69, 9.17) is 20.3 Å². The molecule has 2 saturated heterocycles. The highest BCUT2D eigenvalue weighted by Crippen LogP contribution is 2.61. The molecule has 22 heteroatoms. The number of nitrogens with zero attached hydrogens (tertiary/aromatic N) is 4. The number of aromatic nitrogens is 4. The molecule has 4 rings (SSSR count). The highest BCUT2D eigenvalue weighted by Gasteiger charge is 2.49. The minimum atomic E-state index is -5.56. The van der Waals surface area contributed by atoms with Crippen molar-refractivity contribution in [2.75, 3.05) is 18.9 Å². The third-order valence-corrected chi connectivity index (χ3v) is 8.29. The summed E-state index contributed by atoms with van der Waals surface area (Å²) >= 11 is 0. The normalized spacial score (nSPS) is 37.2. The van der Waals surface area contributed by atoms with E-state index < -0.39 is 84.1 Å².